The minimum absolute atomic E-state index is 0.0228. The summed E-state index contributed by atoms with van der Waals surface area (Å²) in [4.78, 5) is 32.0. The number of imidazole rings is 1. The SMILES string of the molecule is C=CCn1c(=O)n(C2OC(CO[Si](C)(C)C(C)(C)C)[C@@H](O)[C@H]2O)c2nc(N)[nH]c(=O)c21. The highest BCUT2D eigenvalue weighted by atomic mass is 28.4. The van der Waals surface area contributed by atoms with Gasteiger partial charge in [-0.05, 0) is 18.1 Å². The number of anilines is 1. The van der Waals surface area contributed by atoms with Crippen LogP contribution in [0.5, 0.6) is 0 Å². The normalized spacial score (nSPS) is 24.7. The fourth-order valence-corrected chi connectivity index (χ4v) is 4.33. The van der Waals surface area contributed by atoms with Crippen molar-refractivity contribution in [3.8, 4) is 0 Å². The summed E-state index contributed by atoms with van der Waals surface area (Å²) in [5.41, 5.74) is 4.36. The first-order chi connectivity index (χ1) is 14.3. The Balaban J connectivity index is 2.00. The molecule has 3 rings (SSSR count). The predicted molar refractivity (Wildman–Crippen MR) is 118 cm³/mol. The van der Waals surface area contributed by atoms with Crippen LogP contribution in [0.25, 0.3) is 11.2 Å². The molecule has 12 heteroatoms. The number of allylic oxidation sites excluding steroid dienone is 1. The molecule has 2 aromatic heterocycles. The van der Waals surface area contributed by atoms with Crippen LogP contribution in [0.4, 0.5) is 5.95 Å². The molecule has 1 saturated heterocycles. The van der Waals surface area contributed by atoms with E-state index in [1.165, 1.54) is 6.08 Å². The van der Waals surface area contributed by atoms with Gasteiger partial charge in [0.2, 0.25) is 5.95 Å². The number of nitrogens with one attached hydrogen (secondary N) is 1. The van der Waals surface area contributed by atoms with Gasteiger partial charge < -0.3 is 25.1 Å². The third-order valence-corrected chi connectivity index (χ3v) is 10.6. The van der Waals surface area contributed by atoms with Gasteiger partial charge in [-0.25, -0.2) is 9.36 Å². The number of nitrogens with two attached hydrogens (primary N) is 1. The average Bonchev–Trinajstić information content (AvgIpc) is 3.07. The minimum Gasteiger partial charge on any atom is -0.414 e. The van der Waals surface area contributed by atoms with Crippen LogP contribution < -0.4 is 17.0 Å². The van der Waals surface area contributed by atoms with Gasteiger partial charge in [-0.15, -0.1) is 6.58 Å². The van der Waals surface area contributed by atoms with Gasteiger partial charge in [0, 0.05) is 6.54 Å². The van der Waals surface area contributed by atoms with E-state index in [-0.39, 0.29) is 35.3 Å². The second-order valence-corrected chi connectivity index (χ2v) is 14.1. The second kappa shape index (κ2) is 8.02. The molecule has 2 unspecified atom stereocenters. The molecule has 0 saturated carbocycles. The summed E-state index contributed by atoms with van der Waals surface area (Å²) < 4.78 is 14.2. The molecule has 3 heterocycles. The quantitative estimate of drug-likeness (QED) is 0.359. The number of hydrogen-bond donors (Lipinski definition) is 4. The number of aromatic nitrogens is 4. The molecule has 0 amide bonds. The lowest BCUT2D eigenvalue weighted by molar-refractivity contribution is -0.0508. The number of hydrogen-bond acceptors (Lipinski definition) is 8. The highest BCUT2D eigenvalue weighted by Crippen LogP contribution is 2.38. The van der Waals surface area contributed by atoms with E-state index in [4.69, 9.17) is 14.9 Å². The Kier molecular flexibility index (Phi) is 6.06. The smallest absolute Gasteiger partial charge is 0.333 e. The highest BCUT2D eigenvalue weighted by Gasteiger charge is 2.47. The first kappa shape index (κ1) is 23.4. The Hall–Kier alpha value is -2.25. The molecule has 31 heavy (non-hydrogen) atoms. The third-order valence-electron chi connectivity index (χ3n) is 6.15. The fraction of sp³-hybridized carbons (Fsp3) is 0.632. The first-order valence-electron chi connectivity index (χ1n) is 10.1. The molecule has 5 N–H and O–H groups in total. The lowest BCUT2D eigenvalue weighted by atomic mass is 10.1. The second-order valence-electron chi connectivity index (χ2n) is 9.29. The molecule has 0 aromatic carbocycles. The molecule has 11 nitrogen and oxygen atoms in total. The van der Waals surface area contributed by atoms with Gasteiger partial charge in [0.05, 0.1) is 6.61 Å². The van der Waals surface area contributed by atoms with E-state index >= 15 is 0 Å². The Labute approximate surface area is 180 Å². The number of rotatable bonds is 6. The van der Waals surface area contributed by atoms with Crippen LogP contribution in [0.15, 0.2) is 22.2 Å². The van der Waals surface area contributed by atoms with E-state index in [2.05, 4.69) is 50.4 Å². The van der Waals surface area contributed by atoms with Crippen LogP contribution in [0.1, 0.15) is 27.0 Å². The topological polar surface area (TPSA) is 158 Å². The van der Waals surface area contributed by atoms with Crippen LogP contribution in [0, 0.1) is 0 Å². The summed E-state index contributed by atoms with van der Waals surface area (Å²) >= 11 is 0. The lowest BCUT2D eigenvalue weighted by Crippen LogP contribution is -2.44. The van der Waals surface area contributed by atoms with Gasteiger partial charge in [-0.1, -0.05) is 26.8 Å². The van der Waals surface area contributed by atoms with Crippen molar-refractivity contribution < 1.29 is 19.4 Å². The zero-order chi connectivity index (χ0) is 23.3. The molecule has 0 aliphatic carbocycles. The zero-order valence-corrected chi connectivity index (χ0v) is 19.5. The highest BCUT2D eigenvalue weighted by molar-refractivity contribution is 6.74. The van der Waals surface area contributed by atoms with Crippen molar-refractivity contribution in [2.75, 3.05) is 12.3 Å². The molecule has 0 spiro atoms. The Bertz CT molecular complexity index is 1100. The maximum Gasteiger partial charge on any atom is 0.333 e. The van der Waals surface area contributed by atoms with Gasteiger partial charge in [-0.2, -0.15) is 4.98 Å². The van der Waals surface area contributed by atoms with Gasteiger partial charge in [0.1, 0.15) is 18.3 Å². The number of H-pyrrole nitrogens is 1. The fourth-order valence-electron chi connectivity index (χ4n) is 3.31. The molecule has 172 valence electrons. The van der Waals surface area contributed by atoms with Crippen LogP contribution in [-0.2, 0) is 15.7 Å². The summed E-state index contributed by atoms with van der Waals surface area (Å²) in [5.74, 6) is -0.187. The van der Waals surface area contributed by atoms with Crippen molar-refractivity contribution in [1.29, 1.82) is 0 Å². The van der Waals surface area contributed by atoms with Gasteiger partial charge in [0.25, 0.3) is 5.56 Å². The van der Waals surface area contributed by atoms with Crippen molar-refractivity contribution >= 4 is 25.4 Å². The van der Waals surface area contributed by atoms with Crippen LogP contribution in [0.2, 0.25) is 18.1 Å². The van der Waals surface area contributed by atoms with E-state index in [0.717, 1.165) is 9.13 Å². The number of aromatic amines is 1. The predicted octanol–water partition coefficient (Wildman–Crippen LogP) is 0.296. The number of aliphatic hydroxyl groups excluding tert-OH is 2. The number of aliphatic hydroxyl groups is 2. The number of ether oxygens (including phenoxy) is 1. The van der Waals surface area contributed by atoms with Crippen molar-refractivity contribution in [3.05, 3.63) is 33.5 Å². The molecular weight excluding hydrogens is 422 g/mol. The lowest BCUT2D eigenvalue weighted by Gasteiger charge is -2.37. The summed E-state index contributed by atoms with van der Waals surface area (Å²) in [5, 5.41) is 21.2. The van der Waals surface area contributed by atoms with Crippen molar-refractivity contribution in [2.24, 2.45) is 0 Å². The summed E-state index contributed by atoms with van der Waals surface area (Å²) in [6, 6.07) is 0. The zero-order valence-electron chi connectivity index (χ0n) is 18.5. The Morgan fingerprint density at radius 1 is 1.32 bits per heavy atom. The Morgan fingerprint density at radius 2 is 1.97 bits per heavy atom. The maximum absolute atomic E-state index is 13.1. The molecule has 1 aliphatic rings. The molecule has 1 aliphatic heterocycles. The third kappa shape index (κ3) is 4.01. The van der Waals surface area contributed by atoms with Gasteiger partial charge in [-0.3, -0.25) is 14.3 Å². The first-order valence-corrected chi connectivity index (χ1v) is 13.0. The average molecular weight is 454 g/mol. The number of nitrogen functional groups attached to an aromatic ring is 1. The van der Waals surface area contributed by atoms with Crippen LogP contribution in [-0.4, -0.2) is 62.6 Å². The molecule has 2 aromatic rings. The largest absolute Gasteiger partial charge is 0.414 e. The van der Waals surface area contributed by atoms with Crippen molar-refractivity contribution in [2.45, 2.75) is 70.0 Å². The van der Waals surface area contributed by atoms with Gasteiger partial charge in [0.15, 0.2) is 25.7 Å². The summed E-state index contributed by atoms with van der Waals surface area (Å²) in [6.07, 6.45) is -3.40. The molecular formula is C19H31N5O6Si. The van der Waals surface area contributed by atoms with Crippen LogP contribution in [0.3, 0.4) is 0 Å². The minimum atomic E-state index is -2.13. The molecule has 0 bridgehead atoms. The maximum atomic E-state index is 13.1. The monoisotopic (exact) mass is 453 g/mol. The molecule has 0 radical (unpaired) electrons. The number of fused-ring (bicyclic) bond motifs is 1. The standard InChI is InChI=1S/C19H31N5O6Si/c1-7-8-23-11-14(21-17(20)22-15(11)27)24(18(23)28)16-13(26)12(25)10(30-16)9-29-31(5,6)19(2,3)4/h7,10,12-13,16,25-26H,1,8-9H2,2-6H3,(H3,20,21,22,27)/t10?,12-,13-,16?/m1/s1. The Morgan fingerprint density at radius 3 is 2.55 bits per heavy atom. The number of nitrogens with zero attached hydrogens (tertiary/aromatic N) is 3. The van der Waals surface area contributed by atoms with Gasteiger partial charge >= 0.3 is 5.69 Å². The summed E-state index contributed by atoms with van der Waals surface area (Å²) in [6.45, 7) is 14.1. The molecule has 1 fully saturated rings. The van der Waals surface area contributed by atoms with Crippen molar-refractivity contribution in [1.82, 2.24) is 19.1 Å². The van der Waals surface area contributed by atoms with E-state index < -0.39 is 44.1 Å². The van der Waals surface area contributed by atoms with E-state index in [1.54, 1.807) is 0 Å². The van der Waals surface area contributed by atoms with Crippen molar-refractivity contribution in [3.63, 3.8) is 0 Å². The summed E-state index contributed by atoms with van der Waals surface area (Å²) in [7, 11) is -2.13. The van der Waals surface area contributed by atoms with E-state index in [1.807, 2.05) is 0 Å². The molecule has 4 atom stereocenters. The van der Waals surface area contributed by atoms with Crippen LogP contribution >= 0.6 is 0 Å². The van der Waals surface area contributed by atoms with E-state index in [9.17, 15) is 19.8 Å². The van der Waals surface area contributed by atoms with E-state index in [0.29, 0.717) is 0 Å².